The van der Waals surface area contributed by atoms with Gasteiger partial charge in [0.2, 0.25) is 5.95 Å². The third-order valence-corrected chi connectivity index (χ3v) is 3.84. The number of anilines is 1. The summed E-state index contributed by atoms with van der Waals surface area (Å²) in [6, 6.07) is 15.3. The molecule has 136 valence electrons. The van der Waals surface area contributed by atoms with Crippen molar-refractivity contribution in [3.05, 3.63) is 59.7 Å². The van der Waals surface area contributed by atoms with E-state index in [1.807, 2.05) is 69.3 Å². The standard InChI is InChI=1S/C19H23N5O2/c1-13(2)26-17-10-6-15(7-11-17)18(25)12-20-19-21-22-23-24(19)16-8-4-14(3)5-9-16/h4-11,13,18,25H,12H2,1-3H3,(H,20,21,23). The topological polar surface area (TPSA) is 85.1 Å². The Hall–Kier alpha value is -2.93. The molecule has 0 aliphatic heterocycles. The van der Waals surface area contributed by atoms with E-state index in [0.29, 0.717) is 5.95 Å². The van der Waals surface area contributed by atoms with E-state index in [1.54, 1.807) is 4.68 Å². The van der Waals surface area contributed by atoms with Crippen LogP contribution in [-0.2, 0) is 0 Å². The number of tetrazole rings is 1. The van der Waals surface area contributed by atoms with Crippen LogP contribution in [-0.4, -0.2) is 38.0 Å². The van der Waals surface area contributed by atoms with Gasteiger partial charge in [-0.25, -0.2) is 0 Å². The van der Waals surface area contributed by atoms with Crippen molar-refractivity contribution in [3.8, 4) is 11.4 Å². The fraction of sp³-hybridized carbons (Fsp3) is 0.316. The summed E-state index contributed by atoms with van der Waals surface area (Å²) in [5, 5.41) is 25.2. The number of nitrogens with zero attached hydrogens (tertiary/aromatic N) is 4. The van der Waals surface area contributed by atoms with Crippen LogP contribution in [0.25, 0.3) is 5.69 Å². The Morgan fingerprint density at radius 2 is 1.77 bits per heavy atom. The molecule has 0 spiro atoms. The Bertz CT molecular complexity index is 828. The van der Waals surface area contributed by atoms with E-state index in [-0.39, 0.29) is 12.6 Å². The predicted octanol–water partition coefficient (Wildman–Crippen LogP) is 2.90. The van der Waals surface area contributed by atoms with Gasteiger partial charge in [-0.05, 0) is 61.0 Å². The van der Waals surface area contributed by atoms with E-state index in [4.69, 9.17) is 4.74 Å². The maximum Gasteiger partial charge on any atom is 0.247 e. The van der Waals surface area contributed by atoms with Gasteiger partial charge in [-0.3, -0.25) is 0 Å². The highest BCUT2D eigenvalue weighted by molar-refractivity contribution is 5.40. The van der Waals surface area contributed by atoms with Crippen LogP contribution < -0.4 is 10.1 Å². The van der Waals surface area contributed by atoms with Gasteiger partial charge in [-0.2, -0.15) is 4.68 Å². The zero-order chi connectivity index (χ0) is 18.5. The molecule has 2 N–H and O–H groups in total. The molecule has 1 aromatic heterocycles. The minimum absolute atomic E-state index is 0.119. The highest BCUT2D eigenvalue weighted by Gasteiger charge is 2.12. The lowest BCUT2D eigenvalue weighted by atomic mass is 10.1. The van der Waals surface area contributed by atoms with Crippen LogP contribution in [0.2, 0.25) is 0 Å². The van der Waals surface area contributed by atoms with Crippen molar-refractivity contribution in [2.45, 2.75) is 33.0 Å². The third-order valence-electron chi connectivity index (χ3n) is 3.84. The lowest BCUT2D eigenvalue weighted by Crippen LogP contribution is -2.15. The Morgan fingerprint density at radius 3 is 2.42 bits per heavy atom. The molecular weight excluding hydrogens is 330 g/mol. The van der Waals surface area contributed by atoms with Gasteiger partial charge in [0.05, 0.1) is 17.9 Å². The van der Waals surface area contributed by atoms with Crippen LogP contribution in [0.15, 0.2) is 48.5 Å². The van der Waals surface area contributed by atoms with Crippen molar-refractivity contribution < 1.29 is 9.84 Å². The van der Waals surface area contributed by atoms with Gasteiger partial charge in [0, 0.05) is 6.54 Å². The largest absolute Gasteiger partial charge is 0.491 e. The Balaban J connectivity index is 1.64. The van der Waals surface area contributed by atoms with E-state index in [0.717, 1.165) is 22.6 Å². The van der Waals surface area contributed by atoms with Crippen LogP contribution in [0.3, 0.4) is 0 Å². The second-order valence-electron chi connectivity index (χ2n) is 6.38. The number of aliphatic hydroxyl groups excluding tert-OH is 1. The van der Waals surface area contributed by atoms with Gasteiger partial charge in [-0.15, -0.1) is 0 Å². The molecule has 0 saturated heterocycles. The molecule has 0 aliphatic carbocycles. The van der Waals surface area contributed by atoms with E-state index in [9.17, 15) is 5.11 Å². The van der Waals surface area contributed by atoms with E-state index >= 15 is 0 Å². The first kappa shape index (κ1) is 17.9. The lowest BCUT2D eigenvalue weighted by molar-refractivity contribution is 0.191. The molecule has 0 aliphatic rings. The summed E-state index contributed by atoms with van der Waals surface area (Å²) in [6.45, 7) is 6.27. The fourth-order valence-electron chi connectivity index (χ4n) is 2.50. The van der Waals surface area contributed by atoms with E-state index in [2.05, 4.69) is 20.8 Å². The Labute approximate surface area is 152 Å². The number of aromatic nitrogens is 4. The zero-order valence-electron chi connectivity index (χ0n) is 15.1. The highest BCUT2D eigenvalue weighted by Crippen LogP contribution is 2.20. The van der Waals surface area contributed by atoms with Crippen molar-refractivity contribution in [2.75, 3.05) is 11.9 Å². The van der Waals surface area contributed by atoms with Crippen molar-refractivity contribution in [3.63, 3.8) is 0 Å². The van der Waals surface area contributed by atoms with Gasteiger partial charge < -0.3 is 15.2 Å². The molecule has 0 radical (unpaired) electrons. The van der Waals surface area contributed by atoms with Gasteiger partial charge in [0.25, 0.3) is 0 Å². The second kappa shape index (κ2) is 7.97. The number of nitrogens with one attached hydrogen (secondary N) is 1. The molecule has 0 saturated carbocycles. The minimum Gasteiger partial charge on any atom is -0.491 e. The van der Waals surface area contributed by atoms with Crippen molar-refractivity contribution in [2.24, 2.45) is 0 Å². The van der Waals surface area contributed by atoms with E-state index < -0.39 is 6.10 Å². The summed E-state index contributed by atoms with van der Waals surface area (Å²) in [7, 11) is 0. The number of hydrogen-bond acceptors (Lipinski definition) is 6. The SMILES string of the molecule is Cc1ccc(-n2nnnc2NCC(O)c2ccc(OC(C)C)cc2)cc1. The summed E-state index contributed by atoms with van der Waals surface area (Å²) in [6.07, 6.45) is -0.570. The van der Waals surface area contributed by atoms with Crippen molar-refractivity contribution in [1.29, 1.82) is 0 Å². The van der Waals surface area contributed by atoms with Gasteiger partial charge in [0.15, 0.2) is 0 Å². The lowest BCUT2D eigenvalue weighted by Gasteiger charge is -2.14. The van der Waals surface area contributed by atoms with Crippen LogP contribution in [0.5, 0.6) is 5.75 Å². The highest BCUT2D eigenvalue weighted by atomic mass is 16.5. The molecule has 26 heavy (non-hydrogen) atoms. The van der Waals surface area contributed by atoms with E-state index in [1.165, 1.54) is 0 Å². The smallest absolute Gasteiger partial charge is 0.247 e. The molecule has 2 aromatic carbocycles. The quantitative estimate of drug-likeness (QED) is 0.679. The first-order valence-electron chi connectivity index (χ1n) is 8.57. The summed E-state index contributed by atoms with van der Waals surface area (Å²) in [5.41, 5.74) is 2.81. The normalized spacial score (nSPS) is 12.2. The molecule has 0 fully saturated rings. The number of ether oxygens (including phenoxy) is 1. The van der Waals surface area contributed by atoms with Crippen LogP contribution in [0.1, 0.15) is 31.1 Å². The molecule has 7 nitrogen and oxygen atoms in total. The van der Waals surface area contributed by atoms with Gasteiger partial charge >= 0.3 is 0 Å². The van der Waals surface area contributed by atoms with Crippen molar-refractivity contribution in [1.82, 2.24) is 20.2 Å². The molecule has 1 heterocycles. The zero-order valence-corrected chi connectivity index (χ0v) is 15.1. The summed E-state index contributed by atoms with van der Waals surface area (Å²) in [5.74, 6) is 1.26. The first-order valence-corrected chi connectivity index (χ1v) is 8.57. The fourth-order valence-corrected chi connectivity index (χ4v) is 2.50. The van der Waals surface area contributed by atoms with Crippen LogP contribution >= 0.6 is 0 Å². The van der Waals surface area contributed by atoms with Crippen LogP contribution in [0, 0.1) is 6.92 Å². The first-order chi connectivity index (χ1) is 12.5. The molecule has 3 aromatic rings. The average molecular weight is 353 g/mol. The molecule has 1 unspecified atom stereocenters. The average Bonchev–Trinajstić information content (AvgIpc) is 3.09. The third kappa shape index (κ3) is 4.37. The molecule has 0 amide bonds. The second-order valence-corrected chi connectivity index (χ2v) is 6.38. The summed E-state index contributed by atoms with van der Waals surface area (Å²) >= 11 is 0. The maximum atomic E-state index is 10.4. The van der Waals surface area contributed by atoms with Gasteiger partial charge in [0.1, 0.15) is 5.75 Å². The number of benzene rings is 2. The van der Waals surface area contributed by atoms with Crippen LogP contribution in [0.4, 0.5) is 5.95 Å². The Morgan fingerprint density at radius 1 is 1.08 bits per heavy atom. The van der Waals surface area contributed by atoms with Gasteiger partial charge in [-0.1, -0.05) is 34.9 Å². The number of aliphatic hydroxyl groups is 1. The summed E-state index contributed by atoms with van der Waals surface area (Å²) in [4.78, 5) is 0. The molecular formula is C19H23N5O2. The monoisotopic (exact) mass is 353 g/mol. The molecule has 1 atom stereocenters. The molecule has 0 bridgehead atoms. The number of rotatable bonds is 7. The number of aryl methyl sites for hydroxylation is 1. The van der Waals surface area contributed by atoms with Crippen molar-refractivity contribution >= 4 is 5.95 Å². The Kier molecular flexibility index (Phi) is 5.48. The molecule has 3 rings (SSSR count). The maximum absolute atomic E-state index is 10.4. The summed E-state index contributed by atoms with van der Waals surface area (Å²) < 4.78 is 7.22. The molecule has 7 heteroatoms. The number of hydrogen-bond donors (Lipinski definition) is 2. The minimum atomic E-state index is -0.689. The predicted molar refractivity (Wildman–Crippen MR) is 99.5 cm³/mol.